The fourth-order valence-electron chi connectivity index (χ4n) is 3.99. The van der Waals surface area contributed by atoms with Gasteiger partial charge in [-0.2, -0.15) is 13.2 Å². The summed E-state index contributed by atoms with van der Waals surface area (Å²) in [5.41, 5.74) is -0.464. The highest BCUT2D eigenvalue weighted by atomic mass is 19.4. The number of benzene rings is 1. The number of nitrogens with zero attached hydrogens (tertiary/aromatic N) is 1. The molecular weight excluding hydrogens is 361 g/mol. The molecule has 2 heterocycles. The molecule has 0 saturated carbocycles. The van der Waals surface area contributed by atoms with Gasteiger partial charge in [-0.15, -0.1) is 0 Å². The maximum atomic E-state index is 13.0. The van der Waals surface area contributed by atoms with E-state index in [1.54, 1.807) is 0 Å². The van der Waals surface area contributed by atoms with Crippen LogP contribution < -0.4 is 10.1 Å². The number of alkyl halides is 3. The van der Waals surface area contributed by atoms with Crippen LogP contribution in [0.3, 0.4) is 0 Å². The smallest absolute Gasteiger partial charge is 0.416 e. The zero-order valence-electron chi connectivity index (χ0n) is 15.6. The number of amides is 1. The number of halogens is 3. The lowest BCUT2D eigenvalue weighted by molar-refractivity contribution is -0.137. The van der Waals surface area contributed by atoms with Crippen molar-refractivity contribution in [3.8, 4) is 5.75 Å². The molecule has 2 saturated heterocycles. The second kappa shape index (κ2) is 8.06. The molecule has 0 bridgehead atoms. The van der Waals surface area contributed by atoms with Crippen LogP contribution in [-0.2, 0) is 10.9 Å². The first-order valence-corrected chi connectivity index (χ1v) is 9.19. The quantitative estimate of drug-likeness (QED) is 0.864. The largest absolute Gasteiger partial charge is 0.496 e. The third-order valence-electron chi connectivity index (χ3n) is 5.32. The number of aryl methyl sites for hydroxylation is 1. The summed E-state index contributed by atoms with van der Waals surface area (Å²) in [4.78, 5) is 15.3. The van der Waals surface area contributed by atoms with E-state index in [0.29, 0.717) is 13.2 Å². The average Bonchev–Trinajstić information content (AvgIpc) is 3.15. The van der Waals surface area contributed by atoms with E-state index in [1.165, 1.54) is 14.0 Å². The standard InChI is InChI=1S/C19H25F3N2O3/c1-12-9-13(19(20,21)22)10-16(26-2)17(12)18(25)23-14-11-27-8-5-15(14)24-6-3-4-7-24/h9-10,14-15H,3-8,11H2,1-2H3,(H,23,25)/t14-,15-/m0/s1. The molecule has 0 unspecified atom stereocenters. The Morgan fingerprint density at radius 2 is 2.00 bits per heavy atom. The Morgan fingerprint density at radius 1 is 1.30 bits per heavy atom. The van der Waals surface area contributed by atoms with E-state index in [2.05, 4.69) is 10.2 Å². The van der Waals surface area contributed by atoms with Gasteiger partial charge in [0.2, 0.25) is 0 Å². The van der Waals surface area contributed by atoms with Gasteiger partial charge in [-0.25, -0.2) is 0 Å². The van der Waals surface area contributed by atoms with Crippen molar-refractivity contribution in [2.75, 3.05) is 33.4 Å². The van der Waals surface area contributed by atoms with Gasteiger partial charge in [0.1, 0.15) is 5.75 Å². The number of ether oxygens (including phenoxy) is 2. The number of hydrogen-bond donors (Lipinski definition) is 1. The fraction of sp³-hybridized carbons (Fsp3) is 0.632. The minimum absolute atomic E-state index is 0.0747. The van der Waals surface area contributed by atoms with Crippen LogP contribution in [0, 0.1) is 6.92 Å². The summed E-state index contributed by atoms with van der Waals surface area (Å²) >= 11 is 0. The van der Waals surface area contributed by atoms with Crippen LogP contribution in [0.2, 0.25) is 0 Å². The van der Waals surface area contributed by atoms with Crippen molar-refractivity contribution in [1.82, 2.24) is 10.2 Å². The van der Waals surface area contributed by atoms with Crippen molar-refractivity contribution in [2.45, 2.75) is 44.4 Å². The first kappa shape index (κ1) is 19.9. The van der Waals surface area contributed by atoms with E-state index in [4.69, 9.17) is 9.47 Å². The predicted molar refractivity (Wildman–Crippen MR) is 94.0 cm³/mol. The maximum absolute atomic E-state index is 13.0. The lowest BCUT2D eigenvalue weighted by Gasteiger charge is -2.38. The summed E-state index contributed by atoms with van der Waals surface area (Å²) in [6.07, 6.45) is -1.38. The van der Waals surface area contributed by atoms with Crippen molar-refractivity contribution in [2.24, 2.45) is 0 Å². The number of nitrogens with one attached hydrogen (secondary N) is 1. The molecule has 5 nitrogen and oxygen atoms in total. The lowest BCUT2D eigenvalue weighted by Crippen LogP contribution is -2.56. The summed E-state index contributed by atoms with van der Waals surface area (Å²) in [6.45, 7) is 4.53. The SMILES string of the molecule is COc1cc(C(F)(F)F)cc(C)c1C(=O)N[C@H]1COCC[C@@H]1N1CCCC1. The van der Waals surface area contributed by atoms with Crippen LogP contribution in [0.5, 0.6) is 5.75 Å². The molecule has 1 amide bonds. The molecule has 1 N–H and O–H groups in total. The van der Waals surface area contributed by atoms with Gasteiger partial charge < -0.3 is 14.8 Å². The first-order valence-electron chi connectivity index (χ1n) is 9.19. The Bertz CT molecular complexity index is 688. The van der Waals surface area contributed by atoms with Crippen molar-refractivity contribution < 1.29 is 27.4 Å². The molecule has 1 aromatic carbocycles. The summed E-state index contributed by atoms with van der Waals surface area (Å²) in [7, 11) is 1.27. The lowest BCUT2D eigenvalue weighted by atomic mass is 9.99. The number of likely N-dealkylation sites (tertiary alicyclic amines) is 1. The summed E-state index contributed by atoms with van der Waals surface area (Å²) in [5.74, 6) is -0.507. The molecule has 1 aromatic rings. The Balaban J connectivity index is 1.82. The van der Waals surface area contributed by atoms with Crippen LogP contribution in [0.25, 0.3) is 0 Å². The maximum Gasteiger partial charge on any atom is 0.416 e. The molecule has 2 aliphatic heterocycles. The van der Waals surface area contributed by atoms with Crippen molar-refractivity contribution >= 4 is 5.91 Å². The van der Waals surface area contributed by atoms with Crippen LogP contribution in [0.1, 0.15) is 40.7 Å². The highest BCUT2D eigenvalue weighted by Crippen LogP contribution is 2.35. The normalized spacial score (nSPS) is 24.0. The Kier molecular flexibility index (Phi) is 5.95. The summed E-state index contributed by atoms with van der Waals surface area (Å²) in [5, 5.41) is 2.97. The molecule has 27 heavy (non-hydrogen) atoms. The highest BCUT2D eigenvalue weighted by Gasteiger charge is 2.35. The highest BCUT2D eigenvalue weighted by molar-refractivity contribution is 5.98. The summed E-state index contributed by atoms with van der Waals surface area (Å²) in [6, 6.07) is 1.84. The molecule has 3 rings (SSSR count). The third kappa shape index (κ3) is 4.38. The Hall–Kier alpha value is -1.80. The average molecular weight is 386 g/mol. The topological polar surface area (TPSA) is 50.8 Å². The third-order valence-corrected chi connectivity index (χ3v) is 5.32. The Labute approximate surface area is 156 Å². The van der Waals surface area contributed by atoms with Gasteiger partial charge in [0.25, 0.3) is 5.91 Å². The van der Waals surface area contributed by atoms with Gasteiger partial charge in [0.15, 0.2) is 0 Å². The van der Waals surface area contributed by atoms with Crippen LogP contribution in [0.4, 0.5) is 13.2 Å². The molecule has 2 aliphatic rings. The van der Waals surface area contributed by atoms with E-state index in [1.807, 2.05) is 0 Å². The minimum atomic E-state index is -4.49. The van der Waals surface area contributed by atoms with E-state index >= 15 is 0 Å². The van der Waals surface area contributed by atoms with Gasteiger partial charge in [-0.05, 0) is 57.0 Å². The van der Waals surface area contributed by atoms with Crippen LogP contribution in [-0.4, -0.2) is 56.3 Å². The number of carbonyl (C=O) groups excluding carboxylic acids is 1. The zero-order valence-corrected chi connectivity index (χ0v) is 15.6. The van der Waals surface area contributed by atoms with Crippen molar-refractivity contribution in [1.29, 1.82) is 0 Å². The molecule has 0 radical (unpaired) electrons. The monoisotopic (exact) mass is 386 g/mol. The number of methoxy groups -OCH3 is 1. The fourth-order valence-corrected chi connectivity index (χ4v) is 3.99. The second-order valence-corrected chi connectivity index (χ2v) is 7.12. The predicted octanol–water partition coefficient (Wildman–Crippen LogP) is 3.01. The van der Waals surface area contributed by atoms with E-state index in [0.717, 1.165) is 44.5 Å². The Morgan fingerprint density at radius 3 is 2.63 bits per heavy atom. The second-order valence-electron chi connectivity index (χ2n) is 7.12. The molecular formula is C19H25F3N2O3. The van der Waals surface area contributed by atoms with E-state index in [-0.39, 0.29) is 29.0 Å². The van der Waals surface area contributed by atoms with E-state index in [9.17, 15) is 18.0 Å². The molecule has 0 spiro atoms. The number of rotatable bonds is 4. The molecule has 150 valence electrons. The van der Waals surface area contributed by atoms with Crippen LogP contribution >= 0.6 is 0 Å². The van der Waals surface area contributed by atoms with Crippen LogP contribution in [0.15, 0.2) is 12.1 Å². The van der Waals surface area contributed by atoms with Gasteiger partial charge >= 0.3 is 6.18 Å². The molecule has 2 atom stereocenters. The van der Waals surface area contributed by atoms with Gasteiger partial charge in [-0.3, -0.25) is 9.69 Å². The van der Waals surface area contributed by atoms with Crippen molar-refractivity contribution in [3.05, 3.63) is 28.8 Å². The molecule has 0 aliphatic carbocycles. The summed E-state index contributed by atoms with van der Waals surface area (Å²) < 4.78 is 49.7. The number of carbonyl (C=O) groups is 1. The van der Waals surface area contributed by atoms with Crippen molar-refractivity contribution in [3.63, 3.8) is 0 Å². The zero-order chi connectivity index (χ0) is 19.6. The van der Waals surface area contributed by atoms with Gasteiger partial charge in [0.05, 0.1) is 30.9 Å². The minimum Gasteiger partial charge on any atom is -0.496 e. The molecule has 2 fully saturated rings. The molecule has 8 heteroatoms. The number of hydrogen-bond acceptors (Lipinski definition) is 4. The first-order chi connectivity index (χ1) is 12.8. The molecule has 0 aromatic heterocycles. The van der Waals surface area contributed by atoms with Gasteiger partial charge in [0, 0.05) is 12.6 Å². The van der Waals surface area contributed by atoms with E-state index < -0.39 is 17.6 Å². The van der Waals surface area contributed by atoms with Gasteiger partial charge in [-0.1, -0.05) is 0 Å².